The minimum atomic E-state index is -0.489. The van der Waals surface area contributed by atoms with E-state index in [0.717, 1.165) is 12.8 Å². The van der Waals surface area contributed by atoms with Gasteiger partial charge in [-0.2, -0.15) is 0 Å². The molecule has 152 valence electrons. The Labute approximate surface area is 165 Å². The van der Waals surface area contributed by atoms with E-state index in [-0.39, 0.29) is 43.0 Å². The van der Waals surface area contributed by atoms with E-state index in [1.165, 1.54) is 0 Å². The second-order valence-corrected chi connectivity index (χ2v) is 7.01. The average Bonchev–Trinajstić information content (AvgIpc) is 2.70. The Bertz CT molecular complexity index is 867. The first kappa shape index (κ1) is 21.6. The van der Waals surface area contributed by atoms with Crippen molar-refractivity contribution >= 4 is 22.8 Å². The molecule has 2 aromatic rings. The molecule has 28 heavy (non-hydrogen) atoms. The van der Waals surface area contributed by atoms with Crippen LogP contribution in [0.2, 0.25) is 0 Å². The molecular formula is C21H29N3O4. The summed E-state index contributed by atoms with van der Waals surface area (Å²) in [7, 11) is 0. The molecule has 0 aliphatic rings. The third-order valence-electron chi connectivity index (χ3n) is 5.00. The minimum Gasteiger partial charge on any atom is -0.456 e. The van der Waals surface area contributed by atoms with Crippen LogP contribution in [0.3, 0.4) is 0 Å². The number of aromatic nitrogens is 2. The van der Waals surface area contributed by atoms with Crippen LogP contribution >= 0.6 is 0 Å². The Kier molecular flexibility index (Phi) is 7.72. The van der Waals surface area contributed by atoms with Crippen molar-refractivity contribution in [3.05, 3.63) is 40.4 Å². The van der Waals surface area contributed by atoms with Gasteiger partial charge in [0.2, 0.25) is 0 Å². The molecule has 7 heteroatoms. The number of hydrogen-bond donors (Lipinski definition) is 1. The average molecular weight is 387 g/mol. The maximum Gasteiger partial charge on any atom is 0.306 e. The molecule has 0 saturated carbocycles. The van der Waals surface area contributed by atoms with Crippen LogP contribution in [0.15, 0.2) is 29.1 Å². The number of para-hydroxylation sites is 1. The summed E-state index contributed by atoms with van der Waals surface area (Å²) in [4.78, 5) is 45.5. The Balaban J connectivity index is 1.92. The second-order valence-electron chi connectivity index (χ2n) is 7.01. The lowest BCUT2D eigenvalue weighted by atomic mass is 10.1. The summed E-state index contributed by atoms with van der Waals surface area (Å²) in [6.45, 7) is 7.77. The van der Waals surface area contributed by atoms with Gasteiger partial charge >= 0.3 is 5.97 Å². The number of nitrogens with one attached hydrogen (secondary N) is 1. The molecule has 0 spiro atoms. The molecule has 1 N–H and O–H groups in total. The lowest BCUT2D eigenvalue weighted by Gasteiger charge is -2.33. The number of aromatic amines is 1. The van der Waals surface area contributed by atoms with Gasteiger partial charge in [0.25, 0.3) is 11.5 Å². The number of fused-ring (bicyclic) bond motifs is 1. The maximum absolute atomic E-state index is 12.5. The molecule has 0 aliphatic carbocycles. The summed E-state index contributed by atoms with van der Waals surface area (Å²) >= 11 is 0. The quantitative estimate of drug-likeness (QED) is 0.668. The van der Waals surface area contributed by atoms with E-state index in [0.29, 0.717) is 16.7 Å². The molecule has 0 aliphatic heterocycles. The van der Waals surface area contributed by atoms with Gasteiger partial charge in [-0.05, 0) is 38.8 Å². The fourth-order valence-corrected chi connectivity index (χ4v) is 3.08. The van der Waals surface area contributed by atoms with Crippen molar-refractivity contribution in [3.63, 3.8) is 0 Å². The number of rotatable bonds is 9. The third-order valence-corrected chi connectivity index (χ3v) is 5.00. The largest absolute Gasteiger partial charge is 0.456 e. The summed E-state index contributed by atoms with van der Waals surface area (Å²) in [5.74, 6) is -0.250. The third kappa shape index (κ3) is 5.41. The Hall–Kier alpha value is -2.70. The molecule has 7 nitrogen and oxygen atoms in total. The molecule has 0 saturated heterocycles. The van der Waals surface area contributed by atoms with E-state index in [1.807, 2.05) is 27.7 Å². The Morgan fingerprint density at radius 1 is 1.14 bits per heavy atom. The minimum absolute atomic E-state index is 0.0429. The highest BCUT2D eigenvalue weighted by Crippen LogP contribution is 2.12. The van der Waals surface area contributed by atoms with E-state index in [2.05, 4.69) is 9.97 Å². The van der Waals surface area contributed by atoms with Crippen molar-refractivity contribution in [3.8, 4) is 0 Å². The molecule has 0 unspecified atom stereocenters. The molecule has 1 heterocycles. The molecule has 1 amide bonds. The molecular weight excluding hydrogens is 358 g/mol. The van der Waals surface area contributed by atoms with Gasteiger partial charge in [-0.25, -0.2) is 4.98 Å². The SMILES string of the molecule is CC[C@H](C)N(C(=O)COC(=O)CCc1nc2ccccc2c(=O)[nH]1)[C@@H](C)CC. The number of nitrogens with zero attached hydrogens (tertiary/aromatic N) is 2. The second kappa shape index (κ2) is 10.0. The van der Waals surface area contributed by atoms with Crippen molar-refractivity contribution < 1.29 is 14.3 Å². The fourth-order valence-electron chi connectivity index (χ4n) is 3.08. The molecule has 0 bridgehead atoms. The predicted molar refractivity (Wildman–Crippen MR) is 108 cm³/mol. The highest BCUT2D eigenvalue weighted by Gasteiger charge is 2.24. The van der Waals surface area contributed by atoms with Crippen LogP contribution in [-0.4, -0.2) is 45.4 Å². The maximum atomic E-state index is 12.5. The number of hydrogen-bond acceptors (Lipinski definition) is 5. The van der Waals surface area contributed by atoms with Crippen LogP contribution in [0.1, 0.15) is 52.8 Å². The first-order chi connectivity index (χ1) is 13.4. The van der Waals surface area contributed by atoms with Gasteiger partial charge in [0.15, 0.2) is 6.61 Å². The summed E-state index contributed by atoms with van der Waals surface area (Å²) in [6.07, 6.45) is 1.96. The highest BCUT2D eigenvalue weighted by molar-refractivity contribution is 5.81. The van der Waals surface area contributed by atoms with E-state index in [1.54, 1.807) is 29.2 Å². The predicted octanol–water partition coefficient (Wildman–Crippen LogP) is 2.82. The first-order valence-electron chi connectivity index (χ1n) is 9.82. The lowest BCUT2D eigenvalue weighted by molar-refractivity contribution is -0.154. The normalized spacial score (nSPS) is 13.1. The fraction of sp³-hybridized carbons (Fsp3) is 0.524. The first-order valence-corrected chi connectivity index (χ1v) is 9.82. The zero-order valence-corrected chi connectivity index (χ0v) is 17.0. The van der Waals surface area contributed by atoms with Gasteiger partial charge < -0.3 is 14.6 Å². The van der Waals surface area contributed by atoms with Crippen molar-refractivity contribution in [1.29, 1.82) is 0 Å². The number of carbonyl (C=O) groups is 2. The number of ether oxygens (including phenoxy) is 1. The Morgan fingerprint density at radius 3 is 2.43 bits per heavy atom. The van der Waals surface area contributed by atoms with Crippen molar-refractivity contribution in [2.45, 2.75) is 65.5 Å². The number of esters is 1. The van der Waals surface area contributed by atoms with Gasteiger partial charge in [-0.1, -0.05) is 26.0 Å². The number of benzene rings is 1. The number of H-pyrrole nitrogens is 1. The highest BCUT2D eigenvalue weighted by atomic mass is 16.5. The van der Waals surface area contributed by atoms with Crippen LogP contribution in [0.4, 0.5) is 0 Å². The molecule has 0 fully saturated rings. The number of amides is 1. The van der Waals surface area contributed by atoms with Crippen LogP contribution < -0.4 is 5.56 Å². The molecule has 2 atom stereocenters. The topological polar surface area (TPSA) is 92.4 Å². The van der Waals surface area contributed by atoms with Gasteiger partial charge in [0.1, 0.15) is 5.82 Å². The summed E-state index contributed by atoms with van der Waals surface area (Å²) < 4.78 is 5.16. The van der Waals surface area contributed by atoms with Gasteiger partial charge in [-0.3, -0.25) is 14.4 Å². The lowest BCUT2D eigenvalue weighted by Crippen LogP contribution is -2.46. The van der Waals surface area contributed by atoms with E-state index in [9.17, 15) is 14.4 Å². The smallest absolute Gasteiger partial charge is 0.306 e. The molecule has 1 aromatic carbocycles. The van der Waals surface area contributed by atoms with Crippen LogP contribution in [0, 0.1) is 0 Å². The molecule has 0 radical (unpaired) electrons. The van der Waals surface area contributed by atoms with Gasteiger partial charge in [0, 0.05) is 18.5 Å². The summed E-state index contributed by atoms with van der Waals surface area (Å²) in [6, 6.07) is 7.21. The monoisotopic (exact) mass is 387 g/mol. The van der Waals surface area contributed by atoms with E-state index < -0.39 is 5.97 Å². The summed E-state index contributed by atoms with van der Waals surface area (Å²) in [5.41, 5.74) is 0.351. The van der Waals surface area contributed by atoms with Crippen molar-refractivity contribution in [2.75, 3.05) is 6.61 Å². The molecule has 1 aromatic heterocycles. The summed E-state index contributed by atoms with van der Waals surface area (Å²) in [5, 5.41) is 0.509. The van der Waals surface area contributed by atoms with E-state index in [4.69, 9.17) is 4.74 Å². The number of carbonyl (C=O) groups excluding carboxylic acids is 2. The van der Waals surface area contributed by atoms with Crippen LogP contribution in [0.5, 0.6) is 0 Å². The standard InChI is InChI=1S/C21H29N3O4/c1-5-14(3)24(15(4)6-2)19(25)13-28-20(26)12-11-18-22-17-10-8-7-9-16(17)21(27)23-18/h7-10,14-15H,5-6,11-13H2,1-4H3,(H,22,23,27)/t14-,15-/m0/s1. The zero-order valence-electron chi connectivity index (χ0n) is 17.0. The van der Waals surface area contributed by atoms with Crippen LogP contribution in [0.25, 0.3) is 10.9 Å². The van der Waals surface area contributed by atoms with Gasteiger partial charge in [0.05, 0.1) is 17.3 Å². The van der Waals surface area contributed by atoms with Gasteiger partial charge in [-0.15, -0.1) is 0 Å². The Morgan fingerprint density at radius 2 is 1.79 bits per heavy atom. The van der Waals surface area contributed by atoms with Crippen LogP contribution in [-0.2, 0) is 20.7 Å². The van der Waals surface area contributed by atoms with Crippen molar-refractivity contribution in [2.24, 2.45) is 0 Å². The van der Waals surface area contributed by atoms with Crippen molar-refractivity contribution in [1.82, 2.24) is 14.9 Å². The molecule has 2 rings (SSSR count). The number of aryl methyl sites for hydroxylation is 1. The van der Waals surface area contributed by atoms with E-state index >= 15 is 0 Å². The zero-order chi connectivity index (χ0) is 20.7.